The number of hydrogen-bond donors (Lipinski definition) is 1. The van der Waals surface area contributed by atoms with E-state index in [1.54, 1.807) is 29.9 Å². The molecule has 16 heavy (non-hydrogen) atoms. The van der Waals surface area contributed by atoms with Crippen molar-refractivity contribution in [1.82, 2.24) is 9.78 Å². The Balaban J connectivity index is 2.36. The highest BCUT2D eigenvalue weighted by Crippen LogP contribution is 2.15. The zero-order chi connectivity index (χ0) is 11.7. The highest BCUT2D eigenvalue weighted by Gasteiger charge is 2.17. The van der Waals surface area contributed by atoms with Gasteiger partial charge in [-0.1, -0.05) is 0 Å². The summed E-state index contributed by atoms with van der Waals surface area (Å²) in [5.41, 5.74) is 2.74. The lowest BCUT2D eigenvalue weighted by Crippen LogP contribution is -2.05. The Hall–Kier alpha value is -1.62. The van der Waals surface area contributed by atoms with Crippen LogP contribution in [-0.2, 0) is 6.54 Å². The second kappa shape index (κ2) is 4.09. The molecule has 0 aliphatic heterocycles. The summed E-state index contributed by atoms with van der Waals surface area (Å²) in [6, 6.07) is 2.02. The Morgan fingerprint density at radius 1 is 1.56 bits per heavy atom. The molecule has 0 aliphatic carbocycles. The van der Waals surface area contributed by atoms with Gasteiger partial charge in [-0.2, -0.15) is 16.4 Å². The minimum atomic E-state index is -0.911. The number of carboxylic acids is 1. The van der Waals surface area contributed by atoms with E-state index in [0.717, 1.165) is 5.56 Å². The van der Waals surface area contributed by atoms with E-state index < -0.39 is 5.97 Å². The van der Waals surface area contributed by atoms with E-state index in [2.05, 4.69) is 5.10 Å². The highest BCUT2D eigenvalue weighted by atomic mass is 32.1. The Kier molecular flexibility index (Phi) is 2.78. The first-order valence-corrected chi connectivity index (χ1v) is 5.82. The molecule has 0 saturated carbocycles. The summed E-state index contributed by atoms with van der Waals surface area (Å²) in [6.45, 7) is 4.14. The van der Waals surface area contributed by atoms with Crippen molar-refractivity contribution in [3.63, 3.8) is 0 Å². The fourth-order valence-electron chi connectivity index (χ4n) is 1.72. The zero-order valence-corrected chi connectivity index (χ0v) is 9.91. The minimum Gasteiger partial charge on any atom is -0.478 e. The molecule has 0 bridgehead atoms. The molecule has 2 heterocycles. The lowest BCUT2D eigenvalue weighted by molar-refractivity contribution is 0.0695. The molecule has 0 fully saturated rings. The minimum absolute atomic E-state index is 0.315. The molecule has 0 unspecified atom stereocenters. The summed E-state index contributed by atoms with van der Waals surface area (Å²) in [5, 5.41) is 17.3. The maximum atomic E-state index is 11.0. The van der Waals surface area contributed by atoms with E-state index in [-0.39, 0.29) is 0 Å². The zero-order valence-electron chi connectivity index (χ0n) is 9.10. The van der Waals surface area contributed by atoms with E-state index >= 15 is 0 Å². The number of carbonyl (C=O) groups is 1. The fraction of sp³-hybridized carbons (Fsp3) is 0.273. The second-order valence-electron chi connectivity index (χ2n) is 3.64. The largest absolute Gasteiger partial charge is 0.478 e. The van der Waals surface area contributed by atoms with Gasteiger partial charge in [-0.25, -0.2) is 4.79 Å². The van der Waals surface area contributed by atoms with Crippen LogP contribution in [0.3, 0.4) is 0 Å². The van der Waals surface area contributed by atoms with Crippen molar-refractivity contribution in [1.29, 1.82) is 0 Å². The molecule has 0 saturated heterocycles. The average molecular weight is 236 g/mol. The summed E-state index contributed by atoms with van der Waals surface area (Å²) in [4.78, 5) is 11.0. The van der Waals surface area contributed by atoms with Crippen LogP contribution in [0.5, 0.6) is 0 Å². The smallest absolute Gasteiger partial charge is 0.339 e. The van der Waals surface area contributed by atoms with Crippen molar-refractivity contribution in [2.75, 3.05) is 0 Å². The number of carboxylic acid groups (broad SMARTS) is 1. The van der Waals surface area contributed by atoms with Gasteiger partial charge in [0.05, 0.1) is 17.9 Å². The van der Waals surface area contributed by atoms with E-state index in [0.29, 0.717) is 23.5 Å². The third-order valence-corrected chi connectivity index (χ3v) is 3.24. The molecule has 4 nitrogen and oxygen atoms in total. The van der Waals surface area contributed by atoms with Crippen molar-refractivity contribution in [2.45, 2.75) is 20.4 Å². The molecule has 5 heteroatoms. The van der Waals surface area contributed by atoms with Crippen LogP contribution >= 0.6 is 11.3 Å². The van der Waals surface area contributed by atoms with E-state index in [4.69, 9.17) is 5.11 Å². The van der Waals surface area contributed by atoms with Gasteiger partial charge in [0.15, 0.2) is 0 Å². The molecule has 0 atom stereocenters. The SMILES string of the molecule is Cc1nn(Cc2ccsc2)c(C)c1C(=O)O. The van der Waals surface area contributed by atoms with Gasteiger partial charge in [-0.3, -0.25) is 4.68 Å². The maximum Gasteiger partial charge on any atom is 0.339 e. The van der Waals surface area contributed by atoms with E-state index in [1.165, 1.54) is 0 Å². The van der Waals surface area contributed by atoms with E-state index in [9.17, 15) is 4.79 Å². The van der Waals surface area contributed by atoms with Gasteiger partial charge in [0.25, 0.3) is 0 Å². The number of thiophene rings is 1. The normalized spacial score (nSPS) is 10.6. The highest BCUT2D eigenvalue weighted by molar-refractivity contribution is 7.07. The average Bonchev–Trinajstić information content (AvgIpc) is 2.76. The molecule has 84 valence electrons. The number of aromatic carboxylic acids is 1. The maximum absolute atomic E-state index is 11.0. The first-order chi connectivity index (χ1) is 7.59. The van der Waals surface area contributed by atoms with Gasteiger partial charge >= 0.3 is 5.97 Å². The Morgan fingerprint density at radius 2 is 2.31 bits per heavy atom. The van der Waals surface area contributed by atoms with Gasteiger partial charge in [0, 0.05) is 0 Å². The van der Waals surface area contributed by atoms with Crippen molar-refractivity contribution in [2.24, 2.45) is 0 Å². The van der Waals surface area contributed by atoms with Gasteiger partial charge in [-0.15, -0.1) is 0 Å². The van der Waals surface area contributed by atoms with Crippen LogP contribution in [0.2, 0.25) is 0 Å². The van der Waals surface area contributed by atoms with Gasteiger partial charge in [0.1, 0.15) is 5.56 Å². The predicted molar refractivity (Wildman–Crippen MR) is 62.1 cm³/mol. The van der Waals surface area contributed by atoms with Crippen LogP contribution in [0.25, 0.3) is 0 Å². The lowest BCUT2D eigenvalue weighted by atomic mass is 10.2. The van der Waals surface area contributed by atoms with Crippen LogP contribution in [0.4, 0.5) is 0 Å². The fourth-order valence-corrected chi connectivity index (χ4v) is 2.38. The molecule has 0 radical (unpaired) electrons. The third-order valence-electron chi connectivity index (χ3n) is 2.51. The first kappa shape index (κ1) is 10.9. The molecule has 0 spiro atoms. The molecule has 2 aromatic rings. The van der Waals surface area contributed by atoms with Gasteiger partial charge < -0.3 is 5.11 Å². The molecule has 0 aliphatic rings. The summed E-state index contributed by atoms with van der Waals surface area (Å²) in [6.07, 6.45) is 0. The van der Waals surface area contributed by atoms with Crippen molar-refractivity contribution in [3.8, 4) is 0 Å². The van der Waals surface area contributed by atoms with Crippen molar-refractivity contribution >= 4 is 17.3 Å². The first-order valence-electron chi connectivity index (χ1n) is 4.88. The second-order valence-corrected chi connectivity index (χ2v) is 4.42. The molecular formula is C11H12N2O2S. The van der Waals surface area contributed by atoms with Crippen LogP contribution < -0.4 is 0 Å². The van der Waals surface area contributed by atoms with E-state index in [1.807, 2.05) is 16.8 Å². The number of nitrogens with zero attached hydrogens (tertiary/aromatic N) is 2. The van der Waals surface area contributed by atoms with Gasteiger partial charge in [0.2, 0.25) is 0 Å². The summed E-state index contributed by atoms with van der Waals surface area (Å²) in [5.74, 6) is -0.911. The lowest BCUT2D eigenvalue weighted by Gasteiger charge is -2.02. The molecule has 2 rings (SSSR count). The summed E-state index contributed by atoms with van der Waals surface area (Å²) in [7, 11) is 0. The number of aryl methyl sites for hydroxylation is 1. The monoisotopic (exact) mass is 236 g/mol. The topological polar surface area (TPSA) is 55.1 Å². The molecule has 2 aromatic heterocycles. The predicted octanol–water partition coefficient (Wildman–Crippen LogP) is 2.31. The van der Waals surface area contributed by atoms with Crippen molar-refractivity contribution in [3.05, 3.63) is 39.3 Å². The van der Waals surface area contributed by atoms with Gasteiger partial charge in [-0.05, 0) is 36.2 Å². The quantitative estimate of drug-likeness (QED) is 0.889. The molecule has 0 amide bonds. The summed E-state index contributed by atoms with van der Waals surface area (Å²) >= 11 is 1.62. The third kappa shape index (κ3) is 1.86. The van der Waals surface area contributed by atoms with Crippen LogP contribution in [0.15, 0.2) is 16.8 Å². The Labute approximate surface area is 97.2 Å². The van der Waals surface area contributed by atoms with Crippen LogP contribution in [0, 0.1) is 13.8 Å². The molecule has 1 N–H and O–H groups in total. The Bertz CT molecular complexity index is 514. The Morgan fingerprint density at radius 3 is 2.81 bits per heavy atom. The molecular weight excluding hydrogens is 224 g/mol. The van der Waals surface area contributed by atoms with Crippen molar-refractivity contribution < 1.29 is 9.90 Å². The molecule has 0 aromatic carbocycles. The standard InChI is InChI=1S/C11H12N2O2S/c1-7-10(11(14)15)8(2)13(12-7)5-9-3-4-16-6-9/h3-4,6H,5H2,1-2H3,(H,14,15). The number of rotatable bonds is 3. The number of aromatic nitrogens is 2. The number of hydrogen-bond acceptors (Lipinski definition) is 3. The van der Waals surface area contributed by atoms with Crippen LogP contribution in [0.1, 0.15) is 27.3 Å². The summed E-state index contributed by atoms with van der Waals surface area (Å²) < 4.78 is 1.74. The van der Waals surface area contributed by atoms with Crippen LogP contribution in [-0.4, -0.2) is 20.9 Å².